The minimum absolute atomic E-state index is 0.0193. The van der Waals surface area contributed by atoms with E-state index in [1.54, 1.807) is 36.4 Å². The molecule has 3 aliphatic rings. The standard InChI is InChI=1S/C23H20ClNO6/c1-2-3-12-25-20(27)18(26)17-19(13-8-10-14(24)11-9-13)31-23(30)16-7-5-4-6-15(16)22(28,29)21(17,23)25/h4-11,28-30H,2-3,12H2,1H3/t21-,23+/m1/s1. The van der Waals surface area contributed by atoms with E-state index in [1.165, 1.54) is 12.1 Å². The fraction of sp³-hybridized carbons (Fsp3) is 0.304. The van der Waals surface area contributed by atoms with Crippen LogP contribution in [-0.2, 0) is 25.9 Å². The van der Waals surface area contributed by atoms with Crippen molar-refractivity contribution in [2.45, 2.75) is 36.9 Å². The molecule has 0 unspecified atom stereocenters. The average molecular weight is 442 g/mol. The third kappa shape index (κ3) is 2.19. The molecule has 31 heavy (non-hydrogen) atoms. The molecule has 0 radical (unpaired) electrons. The van der Waals surface area contributed by atoms with Crippen molar-refractivity contribution in [3.8, 4) is 0 Å². The topological polar surface area (TPSA) is 107 Å². The number of halogens is 1. The Kier molecular flexibility index (Phi) is 4.17. The van der Waals surface area contributed by atoms with Gasteiger partial charge in [-0.1, -0.05) is 49.2 Å². The summed E-state index contributed by atoms with van der Waals surface area (Å²) < 4.78 is 6.00. The summed E-state index contributed by atoms with van der Waals surface area (Å²) in [5, 5.41) is 35.3. The van der Waals surface area contributed by atoms with Gasteiger partial charge in [0.1, 0.15) is 5.76 Å². The summed E-state index contributed by atoms with van der Waals surface area (Å²) in [5.41, 5.74) is -2.05. The number of benzene rings is 2. The van der Waals surface area contributed by atoms with E-state index in [0.29, 0.717) is 23.4 Å². The van der Waals surface area contributed by atoms with Crippen LogP contribution in [0.3, 0.4) is 0 Å². The molecule has 1 aliphatic carbocycles. The Morgan fingerprint density at radius 2 is 1.65 bits per heavy atom. The van der Waals surface area contributed by atoms with Crippen LogP contribution in [0.4, 0.5) is 0 Å². The van der Waals surface area contributed by atoms with E-state index < -0.39 is 28.8 Å². The van der Waals surface area contributed by atoms with Gasteiger partial charge in [0.05, 0.1) is 5.57 Å². The molecule has 1 saturated heterocycles. The molecule has 2 aliphatic heterocycles. The molecule has 7 nitrogen and oxygen atoms in total. The molecular formula is C23H20ClNO6. The molecule has 0 saturated carbocycles. The maximum Gasteiger partial charge on any atom is 0.296 e. The number of ether oxygens (including phenoxy) is 1. The van der Waals surface area contributed by atoms with E-state index in [0.717, 1.165) is 4.90 Å². The maximum atomic E-state index is 13.2. The van der Waals surface area contributed by atoms with E-state index in [-0.39, 0.29) is 29.0 Å². The van der Waals surface area contributed by atoms with E-state index in [1.807, 2.05) is 6.92 Å². The van der Waals surface area contributed by atoms with Crippen LogP contribution < -0.4 is 0 Å². The van der Waals surface area contributed by atoms with Gasteiger partial charge in [-0.15, -0.1) is 0 Å². The molecule has 160 valence electrons. The second-order valence-corrected chi connectivity index (χ2v) is 8.46. The van der Waals surface area contributed by atoms with Crippen LogP contribution in [-0.4, -0.2) is 44.0 Å². The van der Waals surface area contributed by atoms with Crippen LogP contribution in [0.15, 0.2) is 54.1 Å². The largest absolute Gasteiger partial charge is 0.454 e. The van der Waals surface area contributed by atoms with E-state index >= 15 is 0 Å². The number of aliphatic hydroxyl groups is 3. The molecule has 1 spiro atoms. The van der Waals surface area contributed by atoms with Crippen LogP contribution in [0.1, 0.15) is 36.5 Å². The smallest absolute Gasteiger partial charge is 0.296 e. The predicted molar refractivity (Wildman–Crippen MR) is 110 cm³/mol. The van der Waals surface area contributed by atoms with Gasteiger partial charge in [0.15, 0.2) is 0 Å². The molecule has 2 aromatic rings. The lowest BCUT2D eigenvalue weighted by Gasteiger charge is -2.45. The second kappa shape index (κ2) is 6.40. The summed E-state index contributed by atoms with van der Waals surface area (Å²) >= 11 is 5.98. The first-order valence-corrected chi connectivity index (χ1v) is 10.4. The minimum Gasteiger partial charge on any atom is -0.454 e. The van der Waals surface area contributed by atoms with Crippen molar-refractivity contribution in [3.05, 3.63) is 75.8 Å². The van der Waals surface area contributed by atoms with Gasteiger partial charge in [-0.2, -0.15) is 0 Å². The zero-order chi connectivity index (χ0) is 22.2. The summed E-state index contributed by atoms with van der Waals surface area (Å²) in [7, 11) is 0. The number of nitrogens with zero attached hydrogens (tertiary/aromatic N) is 1. The number of rotatable bonds is 4. The fourth-order valence-corrected chi connectivity index (χ4v) is 5.22. The third-order valence-corrected chi connectivity index (χ3v) is 6.67. The average Bonchev–Trinajstić information content (AvgIpc) is 3.22. The molecule has 0 bridgehead atoms. The highest BCUT2D eigenvalue weighted by Gasteiger charge is 2.84. The SMILES string of the molecule is CCCCN1C(=O)C(=O)C2=C(c3ccc(Cl)cc3)O[C@@]3(O)c4ccccc4C(O)(O)[C@@]213. The first-order valence-electron chi connectivity index (χ1n) is 10.0. The third-order valence-electron chi connectivity index (χ3n) is 6.41. The monoisotopic (exact) mass is 441 g/mol. The zero-order valence-electron chi connectivity index (χ0n) is 16.6. The van der Waals surface area contributed by atoms with Crippen LogP contribution >= 0.6 is 11.6 Å². The highest BCUT2D eigenvalue weighted by Crippen LogP contribution is 2.67. The molecule has 5 rings (SSSR count). The molecule has 2 atom stereocenters. The van der Waals surface area contributed by atoms with Crippen LogP contribution in [0, 0.1) is 0 Å². The van der Waals surface area contributed by atoms with Crippen LogP contribution in [0.5, 0.6) is 0 Å². The summed E-state index contributed by atoms with van der Waals surface area (Å²) in [6.07, 6.45) is 1.18. The Bertz CT molecular complexity index is 1160. The molecule has 2 heterocycles. The van der Waals surface area contributed by atoms with Gasteiger partial charge in [0, 0.05) is 28.3 Å². The summed E-state index contributed by atoms with van der Waals surface area (Å²) in [4.78, 5) is 27.4. The summed E-state index contributed by atoms with van der Waals surface area (Å²) in [6.45, 7) is 1.95. The van der Waals surface area contributed by atoms with Gasteiger partial charge in [-0.3, -0.25) is 9.59 Å². The Morgan fingerprint density at radius 3 is 2.29 bits per heavy atom. The molecule has 1 amide bonds. The molecule has 2 aromatic carbocycles. The van der Waals surface area contributed by atoms with Crippen LogP contribution in [0.2, 0.25) is 5.02 Å². The number of unbranched alkanes of at least 4 members (excludes halogenated alkanes) is 1. The number of likely N-dealkylation sites (tertiary alicyclic amines) is 1. The summed E-state index contributed by atoms with van der Waals surface area (Å²) in [6, 6.07) is 12.5. The Balaban J connectivity index is 1.86. The van der Waals surface area contributed by atoms with E-state index in [9.17, 15) is 24.9 Å². The minimum atomic E-state index is -2.77. The normalized spacial score (nSPS) is 28.0. The Labute approximate surface area is 183 Å². The first-order chi connectivity index (χ1) is 14.7. The Morgan fingerprint density at radius 1 is 1.00 bits per heavy atom. The lowest BCUT2D eigenvalue weighted by Crippen LogP contribution is -2.66. The second-order valence-electron chi connectivity index (χ2n) is 8.02. The number of carbonyl (C=O) groups excluding carboxylic acids is 2. The van der Waals surface area contributed by atoms with Crippen molar-refractivity contribution in [3.63, 3.8) is 0 Å². The number of hydrogen-bond donors (Lipinski definition) is 3. The van der Waals surface area contributed by atoms with Crippen molar-refractivity contribution in [2.75, 3.05) is 6.54 Å². The molecule has 8 heteroatoms. The fourth-order valence-electron chi connectivity index (χ4n) is 5.09. The van der Waals surface area contributed by atoms with Gasteiger partial charge < -0.3 is 25.0 Å². The molecule has 0 aromatic heterocycles. The lowest BCUT2D eigenvalue weighted by molar-refractivity contribution is -0.312. The number of amides is 1. The highest BCUT2D eigenvalue weighted by molar-refractivity contribution is 6.48. The Hall–Kier alpha value is -2.71. The molecular weight excluding hydrogens is 422 g/mol. The van der Waals surface area contributed by atoms with Crippen molar-refractivity contribution in [2.24, 2.45) is 0 Å². The van der Waals surface area contributed by atoms with Gasteiger partial charge in [-0.05, 0) is 30.7 Å². The maximum absolute atomic E-state index is 13.2. The van der Waals surface area contributed by atoms with E-state index in [2.05, 4.69) is 0 Å². The van der Waals surface area contributed by atoms with E-state index in [4.69, 9.17) is 16.3 Å². The van der Waals surface area contributed by atoms with Gasteiger partial charge in [0.2, 0.25) is 11.3 Å². The molecule has 3 N–H and O–H groups in total. The highest BCUT2D eigenvalue weighted by atomic mass is 35.5. The van der Waals surface area contributed by atoms with Gasteiger partial charge in [-0.25, -0.2) is 0 Å². The number of hydrogen-bond acceptors (Lipinski definition) is 6. The lowest BCUT2D eigenvalue weighted by atomic mass is 9.78. The van der Waals surface area contributed by atoms with Crippen molar-refractivity contribution >= 4 is 29.1 Å². The number of Topliss-reactive ketones (excluding diaryl/α,β-unsaturated/α-hetero) is 1. The number of carbonyl (C=O) groups is 2. The number of ketones is 1. The quantitative estimate of drug-likeness (QED) is 0.495. The van der Waals surface area contributed by atoms with Crippen molar-refractivity contribution in [1.82, 2.24) is 4.90 Å². The predicted octanol–water partition coefficient (Wildman–Crippen LogP) is 2.03. The number of fused-ring (bicyclic) bond motifs is 2. The van der Waals surface area contributed by atoms with Crippen LogP contribution in [0.25, 0.3) is 5.76 Å². The van der Waals surface area contributed by atoms with Gasteiger partial charge >= 0.3 is 0 Å². The van der Waals surface area contributed by atoms with Crippen molar-refractivity contribution < 1.29 is 29.6 Å². The first kappa shape index (κ1) is 20.2. The van der Waals surface area contributed by atoms with Crippen molar-refractivity contribution in [1.29, 1.82) is 0 Å². The summed E-state index contributed by atoms with van der Waals surface area (Å²) in [5.74, 6) is -7.04. The molecule has 1 fully saturated rings. The van der Waals surface area contributed by atoms with Gasteiger partial charge in [0.25, 0.3) is 17.5 Å². The zero-order valence-corrected chi connectivity index (χ0v) is 17.4.